The maximum absolute atomic E-state index is 13.0. The SMILES string of the molecule is C=C/C(=C\C(F)=C\Cl)OCC(=O)NC(=C)CCC(=O)NCC1CCOOC1. The number of hydrogen-bond donors (Lipinski definition) is 2. The number of halogens is 2. The number of allylic oxidation sites excluding steroid dienone is 4. The molecule has 150 valence electrons. The molecule has 7 nitrogen and oxygen atoms in total. The van der Waals surface area contributed by atoms with Crippen molar-refractivity contribution < 1.29 is 28.5 Å². The maximum Gasteiger partial charge on any atom is 0.262 e. The molecule has 0 aromatic heterocycles. The van der Waals surface area contributed by atoms with Gasteiger partial charge in [-0.2, -0.15) is 0 Å². The van der Waals surface area contributed by atoms with Crippen molar-refractivity contribution in [1.82, 2.24) is 10.6 Å². The van der Waals surface area contributed by atoms with E-state index in [-0.39, 0.29) is 37.0 Å². The number of carbonyl (C=O) groups excluding carboxylic acids is 2. The minimum atomic E-state index is -0.727. The van der Waals surface area contributed by atoms with E-state index in [0.717, 1.165) is 18.0 Å². The van der Waals surface area contributed by atoms with Crippen LogP contribution in [0.4, 0.5) is 4.39 Å². The number of carbonyl (C=O) groups is 2. The first-order valence-electron chi connectivity index (χ1n) is 8.36. The van der Waals surface area contributed by atoms with Crippen molar-refractivity contribution in [3.05, 3.63) is 48.1 Å². The van der Waals surface area contributed by atoms with Gasteiger partial charge in [-0.25, -0.2) is 14.2 Å². The zero-order chi connectivity index (χ0) is 20.1. The van der Waals surface area contributed by atoms with Crippen LogP contribution in [0.1, 0.15) is 19.3 Å². The van der Waals surface area contributed by atoms with E-state index in [1.165, 1.54) is 6.08 Å². The van der Waals surface area contributed by atoms with Gasteiger partial charge in [0.25, 0.3) is 5.91 Å². The van der Waals surface area contributed by atoms with Crippen LogP contribution >= 0.6 is 11.6 Å². The number of ether oxygens (including phenoxy) is 1. The summed E-state index contributed by atoms with van der Waals surface area (Å²) in [6.45, 7) is 8.27. The third-order valence-electron chi connectivity index (χ3n) is 3.51. The smallest absolute Gasteiger partial charge is 0.262 e. The molecular formula is C18H24ClFN2O5. The molecule has 1 aliphatic rings. The Hall–Kier alpha value is -2.16. The summed E-state index contributed by atoms with van der Waals surface area (Å²) in [4.78, 5) is 33.3. The summed E-state index contributed by atoms with van der Waals surface area (Å²) in [7, 11) is 0. The first-order valence-corrected chi connectivity index (χ1v) is 8.79. The summed E-state index contributed by atoms with van der Waals surface area (Å²) in [6, 6.07) is 0. The minimum Gasteiger partial charge on any atom is -0.484 e. The lowest BCUT2D eigenvalue weighted by Crippen LogP contribution is -2.34. The van der Waals surface area contributed by atoms with Crippen LogP contribution in [0.15, 0.2) is 48.1 Å². The van der Waals surface area contributed by atoms with Gasteiger partial charge in [-0.05, 0) is 18.9 Å². The highest BCUT2D eigenvalue weighted by Crippen LogP contribution is 2.10. The summed E-state index contributed by atoms with van der Waals surface area (Å²) < 4.78 is 18.1. The van der Waals surface area contributed by atoms with Crippen LogP contribution in [0.5, 0.6) is 0 Å². The van der Waals surface area contributed by atoms with E-state index < -0.39 is 11.7 Å². The summed E-state index contributed by atoms with van der Waals surface area (Å²) in [5.74, 6) is -1.07. The van der Waals surface area contributed by atoms with E-state index in [2.05, 4.69) is 23.8 Å². The first-order chi connectivity index (χ1) is 12.9. The number of rotatable bonds is 11. The first kappa shape index (κ1) is 22.9. The molecule has 0 aromatic carbocycles. The Labute approximate surface area is 162 Å². The minimum absolute atomic E-state index is 0.0571. The van der Waals surface area contributed by atoms with Crippen LogP contribution in [-0.2, 0) is 24.1 Å². The molecule has 0 saturated carbocycles. The molecule has 1 heterocycles. The van der Waals surface area contributed by atoms with Crippen LogP contribution in [0.3, 0.4) is 0 Å². The van der Waals surface area contributed by atoms with Gasteiger partial charge < -0.3 is 15.4 Å². The second-order valence-electron chi connectivity index (χ2n) is 5.75. The van der Waals surface area contributed by atoms with Crippen LogP contribution in [0.2, 0.25) is 0 Å². The van der Waals surface area contributed by atoms with Crippen molar-refractivity contribution in [3.63, 3.8) is 0 Å². The highest BCUT2D eigenvalue weighted by Gasteiger charge is 2.16. The van der Waals surface area contributed by atoms with Crippen LogP contribution < -0.4 is 10.6 Å². The predicted molar refractivity (Wildman–Crippen MR) is 98.8 cm³/mol. The third kappa shape index (κ3) is 10.5. The molecule has 0 aromatic rings. The molecule has 2 amide bonds. The summed E-state index contributed by atoms with van der Waals surface area (Å²) in [5.41, 5.74) is 1.11. The Kier molecular flexibility index (Phi) is 11.1. The second-order valence-corrected chi connectivity index (χ2v) is 5.97. The Morgan fingerprint density at radius 2 is 2.07 bits per heavy atom. The van der Waals surface area contributed by atoms with E-state index in [0.29, 0.717) is 25.5 Å². The van der Waals surface area contributed by atoms with Crippen LogP contribution in [-0.4, -0.2) is 38.2 Å². The highest BCUT2D eigenvalue weighted by molar-refractivity contribution is 6.25. The molecule has 0 spiro atoms. The monoisotopic (exact) mass is 402 g/mol. The largest absolute Gasteiger partial charge is 0.484 e. The summed E-state index contributed by atoms with van der Waals surface area (Å²) in [5, 5.41) is 5.33. The van der Waals surface area contributed by atoms with Crippen LogP contribution in [0.25, 0.3) is 0 Å². The number of nitrogens with one attached hydrogen (secondary N) is 2. The van der Waals surface area contributed by atoms with Crippen molar-refractivity contribution in [1.29, 1.82) is 0 Å². The molecule has 1 unspecified atom stereocenters. The van der Waals surface area contributed by atoms with Crippen molar-refractivity contribution in [3.8, 4) is 0 Å². The van der Waals surface area contributed by atoms with Gasteiger partial charge in [0.15, 0.2) is 6.61 Å². The predicted octanol–water partition coefficient (Wildman–Crippen LogP) is 2.62. The van der Waals surface area contributed by atoms with Gasteiger partial charge in [-0.15, -0.1) is 0 Å². The van der Waals surface area contributed by atoms with Gasteiger partial charge in [0.05, 0.1) is 13.2 Å². The molecule has 0 bridgehead atoms. The normalized spacial score (nSPS) is 17.8. The fourth-order valence-corrected chi connectivity index (χ4v) is 2.11. The molecular weight excluding hydrogens is 379 g/mol. The average Bonchev–Trinajstić information content (AvgIpc) is 2.68. The van der Waals surface area contributed by atoms with Gasteiger partial charge in [0, 0.05) is 36.2 Å². The molecule has 1 fully saturated rings. The lowest BCUT2D eigenvalue weighted by Gasteiger charge is -2.21. The topological polar surface area (TPSA) is 85.9 Å². The van der Waals surface area contributed by atoms with Gasteiger partial charge >= 0.3 is 0 Å². The second kappa shape index (κ2) is 13.1. The van der Waals surface area contributed by atoms with Crippen molar-refractivity contribution >= 4 is 23.4 Å². The van der Waals surface area contributed by atoms with Crippen molar-refractivity contribution in [2.24, 2.45) is 5.92 Å². The summed E-state index contributed by atoms with van der Waals surface area (Å²) in [6.07, 6.45) is 3.55. The third-order valence-corrected chi connectivity index (χ3v) is 3.72. The lowest BCUT2D eigenvalue weighted by molar-refractivity contribution is -0.323. The molecule has 2 N–H and O–H groups in total. The zero-order valence-corrected chi connectivity index (χ0v) is 15.7. The van der Waals surface area contributed by atoms with Gasteiger partial charge in [0.2, 0.25) is 5.91 Å². The Morgan fingerprint density at radius 3 is 2.70 bits per heavy atom. The fourth-order valence-electron chi connectivity index (χ4n) is 2.04. The Balaban J connectivity index is 2.22. The molecule has 27 heavy (non-hydrogen) atoms. The standard InChI is InChI=1S/C18H24ClFN2O5/c1-3-16(8-15(20)9-19)25-12-18(24)22-13(2)4-5-17(23)21-10-14-6-7-26-27-11-14/h3,8-9,14H,1-2,4-7,10-12H2,(H,21,23)(H,22,24)/b15-9-,16-8+. The Bertz CT molecular complexity index is 601. The Morgan fingerprint density at radius 1 is 1.30 bits per heavy atom. The van der Waals surface area contributed by atoms with E-state index in [9.17, 15) is 14.0 Å². The highest BCUT2D eigenvalue weighted by atomic mass is 35.5. The number of amides is 2. The maximum atomic E-state index is 13.0. The average molecular weight is 403 g/mol. The van der Waals surface area contributed by atoms with Crippen molar-refractivity contribution in [2.75, 3.05) is 26.4 Å². The van der Waals surface area contributed by atoms with Crippen molar-refractivity contribution in [2.45, 2.75) is 19.3 Å². The van der Waals surface area contributed by atoms with Gasteiger partial charge in [-0.3, -0.25) is 9.59 Å². The van der Waals surface area contributed by atoms with Gasteiger partial charge in [0.1, 0.15) is 11.6 Å². The molecule has 1 saturated heterocycles. The molecule has 1 aliphatic heterocycles. The molecule has 0 radical (unpaired) electrons. The van der Waals surface area contributed by atoms with Gasteiger partial charge in [-0.1, -0.05) is 24.8 Å². The zero-order valence-electron chi connectivity index (χ0n) is 15.0. The molecule has 0 aliphatic carbocycles. The quantitative estimate of drug-likeness (QED) is 0.315. The summed E-state index contributed by atoms with van der Waals surface area (Å²) >= 11 is 5.20. The fraction of sp³-hybridized carbons (Fsp3) is 0.444. The van der Waals surface area contributed by atoms with E-state index in [4.69, 9.17) is 26.1 Å². The number of hydrogen-bond acceptors (Lipinski definition) is 5. The van der Waals surface area contributed by atoms with E-state index >= 15 is 0 Å². The van der Waals surface area contributed by atoms with E-state index in [1.54, 1.807) is 0 Å². The molecule has 1 atom stereocenters. The molecule has 1 rings (SSSR count). The lowest BCUT2D eigenvalue weighted by atomic mass is 10.1. The molecule has 9 heteroatoms. The van der Waals surface area contributed by atoms with E-state index in [1.807, 2.05) is 0 Å². The van der Waals surface area contributed by atoms with Crippen LogP contribution in [0, 0.1) is 5.92 Å².